The fourth-order valence-electron chi connectivity index (χ4n) is 2.87. The quantitative estimate of drug-likeness (QED) is 0.744. The van der Waals surface area contributed by atoms with E-state index in [9.17, 15) is 0 Å². The number of H-pyrrole nitrogens is 1. The fourth-order valence-corrected chi connectivity index (χ4v) is 2.87. The first-order valence-electron chi connectivity index (χ1n) is 7.96. The van der Waals surface area contributed by atoms with Gasteiger partial charge >= 0.3 is 0 Å². The minimum atomic E-state index is 0.445. The minimum Gasteiger partial charge on any atom is -0.360 e. The van der Waals surface area contributed by atoms with E-state index >= 15 is 0 Å². The molecule has 0 aliphatic rings. The van der Waals surface area contributed by atoms with Gasteiger partial charge in [0.05, 0.1) is 16.7 Å². The standard InChI is InChI=1S/C19H23N3/c1-6-14-9-17-18(12(4)10-20-17)22-19(14)15-7-8-16(11(2)3)21-13(15)5/h7-11,20H,6H2,1-5H3. The van der Waals surface area contributed by atoms with Gasteiger partial charge in [-0.15, -0.1) is 0 Å². The zero-order valence-electron chi connectivity index (χ0n) is 14.0. The van der Waals surface area contributed by atoms with Crippen molar-refractivity contribution >= 4 is 11.0 Å². The largest absolute Gasteiger partial charge is 0.360 e. The van der Waals surface area contributed by atoms with E-state index in [1.807, 2.05) is 6.20 Å². The van der Waals surface area contributed by atoms with Crippen molar-refractivity contribution in [1.29, 1.82) is 0 Å². The molecular formula is C19H23N3. The van der Waals surface area contributed by atoms with Gasteiger partial charge in [0.2, 0.25) is 0 Å². The Hall–Kier alpha value is -2.16. The summed E-state index contributed by atoms with van der Waals surface area (Å²) in [6.07, 6.45) is 2.98. The van der Waals surface area contributed by atoms with Crippen LogP contribution in [0.1, 0.15) is 49.2 Å². The molecule has 0 radical (unpaired) electrons. The SMILES string of the molecule is CCc1cc2[nH]cc(C)c2nc1-c1ccc(C(C)C)nc1C. The minimum absolute atomic E-state index is 0.445. The van der Waals surface area contributed by atoms with E-state index in [4.69, 9.17) is 9.97 Å². The van der Waals surface area contributed by atoms with Crippen LogP contribution in [0.25, 0.3) is 22.3 Å². The third kappa shape index (κ3) is 2.41. The maximum atomic E-state index is 4.94. The summed E-state index contributed by atoms with van der Waals surface area (Å²) in [5.41, 5.74) is 9.02. The van der Waals surface area contributed by atoms with Gasteiger partial charge in [-0.3, -0.25) is 4.98 Å². The van der Waals surface area contributed by atoms with Crippen LogP contribution in [-0.2, 0) is 6.42 Å². The number of rotatable bonds is 3. The average molecular weight is 293 g/mol. The highest BCUT2D eigenvalue weighted by atomic mass is 14.8. The van der Waals surface area contributed by atoms with Crippen LogP contribution in [-0.4, -0.2) is 15.0 Å². The van der Waals surface area contributed by atoms with Gasteiger partial charge in [0.15, 0.2) is 0 Å². The zero-order valence-corrected chi connectivity index (χ0v) is 14.0. The van der Waals surface area contributed by atoms with E-state index in [-0.39, 0.29) is 0 Å². The second kappa shape index (κ2) is 5.56. The van der Waals surface area contributed by atoms with E-state index in [1.54, 1.807) is 0 Å². The zero-order chi connectivity index (χ0) is 15.9. The van der Waals surface area contributed by atoms with Crippen molar-refractivity contribution < 1.29 is 0 Å². The van der Waals surface area contributed by atoms with Crippen LogP contribution in [0.2, 0.25) is 0 Å². The number of aryl methyl sites for hydroxylation is 3. The summed E-state index contributed by atoms with van der Waals surface area (Å²) in [6.45, 7) is 10.7. The van der Waals surface area contributed by atoms with Crippen molar-refractivity contribution in [3.05, 3.63) is 46.9 Å². The molecule has 1 N–H and O–H groups in total. The Morgan fingerprint density at radius 3 is 2.55 bits per heavy atom. The van der Waals surface area contributed by atoms with E-state index < -0.39 is 0 Å². The molecule has 0 aliphatic carbocycles. The topological polar surface area (TPSA) is 41.6 Å². The van der Waals surface area contributed by atoms with Crippen LogP contribution in [0.5, 0.6) is 0 Å². The third-order valence-electron chi connectivity index (χ3n) is 4.25. The van der Waals surface area contributed by atoms with Crippen LogP contribution in [0.15, 0.2) is 24.4 Å². The smallest absolute Gasteiger partial charge is 0.0915 e. The predicted octanol–water partition coefficient (Wildman–Crippen LogP) is 4.93. The van der Waals surface area contributed by atoms with Crippen LogP contribution in [0.4, 0.5) is 0 Å². The molecule has 0 amide bonds. The van der Waals surface area contributed by atoms with Crippen LogP contribution >= 0.6 is 0 Å². The van der Waals surface area contributed by atoms with Gasteiger partial charge in [-0.2, -0.15) is 0 Å². The summed E-state index contributed by atoms with van der Waals surface area (Å²) < 4.78 is 0. The number of aromatic amines is 1. The Labute approximate surface area is 131 Å². The van der Waals surface area contributed by atoms with Crippen molar-refractivity contribution in [2.75, 3.05) is 0 Å². The van der Waals surface area contributed by atoms with Crippen LogP contribution in [0, 0.1) is 13.8 Å². The first-order chi connectivity index (χ1) is 10.5. The van der Waals surface area contributed by atoms with Crippen LogP contribution < -0.4 is 0 Å². The maximum Gasteiger partial charge on any atom is 0.0915 e. The lowest BCUT2D eigenvalue weighted by molar-refractivity contribution is 0.816. The lowest BCUT2D eigenvalue weighted by Crippen LogP contribution is -2.00. The summed E-state index contributed by atoms with van der Waals surface area (Å²) in [5.74, 6) is 0.445. The average Bonchev–Trinajstić information content (AvgIpc) is 2.86. The molecule has 0 fully saturated rings. The van der Waals surface area contributed by atoms with Gasteiger partial charge in [0.25, 0.3) is 0 Å². The molecule has 0 saturated heterocycles. The van der Waals surface area contributed by atoms with E-state index in [1.165, 1.54) is 11.1 Å². The monoisotopic (exact) mass is 293 g/mol. The molecule has 3 heterocycles. The Bertz CT molecular complexity index is 828. The Morgan fingerprint density at radius 1 is 1.14 bits per heavy atom. The van der Waals surface area contributed by atoms with Crippen LogP contribution in [0.3, 0.4) is 0 Å². The molecule has 3 nitrogen and oxygen atoms in total. The molecule has 0 bridgehead atoms. The van der Waals surface area contributed by atoms with Gasteiger partial charge in [-0.25, -0.2) is 4.98 Å². The normalized spacial score (nSPS) is 11.5. The number of hydrogen-bond donors (Lipinski definition) is 1. The Morgan fingerprint density at radius 2 is 1.91 bits per heavy atom. The van der Waals surface area contributed by atoms with Gasteiger partial charge < -0.3 is 4.98 Å². The second-order valence-electron chi connectivity index (χ2n) is 6.24. The Kier molecular flexibility index (Phi) is 3.73. The first kappa shape index (κ1) is 14.8. The van der Waals surface area contributed by atoms with Crippen molar-refractivity contribution in [1.82, 2.24) is 15.0 Å². The highest BCUT2D eigenvalue weighted by Crippen LogP contribution is 2.29. The van der Waals surface area contributed by atoms with Crippen molar-refractivity contribution in [3.63, 3.8) is 0 Å². The summed E-state index contributed by atoms with van der Waals surface area (Å²) >= 11 is 0. The second-order valence-corrected chi connectivity index (χ2v) is 6.24. The molecule has 3 heteroatoms. The molecule has 114 valence electrons. The summed E-state index contributed by atoms with van der Waals surface area (Å²) in [4.78, 5) is 13.0. The van der Waals surface area contributed by atoms with Gasteiger partial charge in [0.1, 0.15) is 0 Å². The fraction of sp³-hybridized carbons (Fsp3) is 0.368. The molecule has 0 aliphatic heterocycles. The van der Waals surface area contributed by atoms with Crippen molar-refractivity contribution in [3.8, 4) is 11.3 Å². The molecule has 0 spiro atoms. The van der Waals surface area contributed by atoms with Crippen molar-refractivity contribution in [2.24, 2.45) is 0 Å². The molecule has 0 unspecified atom stereocenters. The molecule has 3 aromatic heterocycles. The lowest BCUT2D eigenvalue weighted by atomic mass is 10.00. The summed E-state index contributed by atoms with van der Waals surface area (Å²) in [6, 6.07) is 6.52. The van der Waals surface area contributed by atoms with E-state index in [0.717, 1.165) is 40.1 Å². The predicted molar refractivity (Wildman–Crippen MR) is 92.3 cm³/mol. The highest BCUT2D eigenvalue weighted by Gasteiger charge is 2.14. The van der Waals surface area contributed by atoms with E-state index in [2.05, 4.69) is 57.8 Å². The number of nitrogens with one attached hydrogen (secondary N) is 1. The number of pyridine rings is 2. The summed E-state index contributed by atoms with van der Waals surface area (Å²) in [7, 11) is 0. The number of fused-ring (bicyclic) bond motifs is 1. The maximum absolute atomic E-state index is 4.94. The first-order valence-corrected chi connectivity index (χ1v) is 7.96. The molecule has 3 rings (SSSR count). The highest BCUT2D eigenvalue weighted by molar-refractivity contribution is 5.83. The number of hydrogen-bond acceptors (Lipinski definition) is 2. The number of nitrogens with zero attached hydrogens (tertiary/aromatic N) is 2. The Balaban J connectivity index is 2.22. The molecule has 0 aromatic carbocycles. The summed E-state index contributed by atoms with van der Waals surface area (Å²) in [5, 5.41) is 0. The molecule has 3 aromatic rings. The van der Waals surface area contributed by atoms with Crippen molar-refractivity contribution in [2.45, 2.75) is 47.0 Å². The van der Waals surface area contributed by atoms with Gasteiger partial charge in [-0.1, -0.05) is 20.8 Å². The number of aromatic nitrogens is 3. The van der Waals surface area contributed by atoms with E-state index in [0.29, 0.717) is 5.92 Å². The molecule has 0 saturated carbocycles. The molecular weight excluding hydrogens is 270 g/mol. The van der Waals surface area contributed by atoms with Gasteiger partial charge in [-0.05, 0) is 55.5 Å². The molecule has 0 atom stereocenters. The molecule has 22 heavy (non-hydrogen) atoms. The third-order valence-corrected chi connectivity index (χ3v) is 4.25. The van der Waals surface area contributed by atoms with Gasteiger partial charge in [0, 0.05) is 23.1 Å². The lowest BCUT2D eigenvalue weighted by Gasteiger charge is -2.13.